The van der Waals surface area contributed by atoms with Crippen LogP contribution in [0.25, 0.3) is 10.6 Å². The molecule has 106 valence electrons. The molecule has 0 aliphatic carbocycles. The second kappa shape index (κ2) is 5.14. The number of hydrogen-bond donors (Lipinski definition) is 1. The highest BCUT2D eigenvalue weighted by atomic mass is 35.5. The molecule has 2 aromatic rings. The quantitative estimate of drug-likeness (QED) is 0.881. The van der Waals surface area contributed by atoms with Crippen molar-refractivity contribution in [3.8, 4) is 10.6 Å². The molecule has 0 bridgehead atoms. The Morgan fingerprint density at radius 1 is 1.40 bits per heavy atom. The lowest BCUT2D eigenvalue weighted by atomic mass is 9.91. The molecule has 0 atom stereocenters. The van der Waals surface area contributed by atoms with Crippen LogP contribution in [0.1, 0.15) is 36.1 Å². The molecule has 1 aromatic carbocycles. The van der Waals surface area contributed by atoms with Crippen molar-refractivity contribution >= 4 is 28.9 Å². The number of aromatic carboxylic acids is 1. The highest BCUT2D eigenvalue weighted by molar-refractivity contribution is 7.17. The van der Waals surface area contributed by atoms with E-state index in [-0.39, 0.29) is 10.4 Å². The fourth-order valence-corrected chi connectivity index (χ4v) is 3.05. The highest BCUT2D eigenvalue weighted by Crippen LogP contribution is 2.36. The van der Waals surface area contributed by atoms with Gasteiger partial charge >= 0.3 is 5.97 Å². The average Bonchev–Trinajstić information content (AvgIpc) is 2.77. The predicted molar refractivity (Wildman–Crippen MR) is 78.2 cm³/mol. The van der Waals surface area contributed by atoms with Gasteiger partial charge in [-0.15, -0.1) is 11.3 Å². The van der Waals surface area contributed by atoms with Crippen molar-refractivity contribution in [1.82, 2.24) is 4.98 Å². The van der Waals surface area contributed by atoms with Crippen LogP contribution in [0.2, 0.25) is 5.02 Å². The zero-order valence-electron chi connectivity index (χ0n) is 11.2. The van der Waals surface area contributed by atoms with Crippen molar-refractivity contribution in [2.75, 3.05) is 0 Å². The standard InChI is InChI=1S/C14H13ClFNO2S/c1-14(2,3)11-10(13(18)19)20-12(17-11)8-6-7(15)4-5-9(8)16/h4-6H,1-3H3,(H,18,19). The smallest absolute Gasteiger partial charge is 0.347 e. The Bertz CT molecular complexity index is 676. The van der Waals surface area contributed by atoms with E-state index in [0.29, 0.717) is 15.7 Å². The van der Waals surface area contributed by atoms with E-state index in [2.05, 4.69) is 4.98 Å². The molecule has 6 heteroatoms. The second-order valence-electron chi connectivity index (χ2n) is 5.38. The van der Waals surface area contributed by atoms with E-state index in [9.17, 15) is 14.3 Å². The maximum Gasteiger partial charge on any atom is 0.347 e. The first-order valence-electron chi connectivity index (χ1n) is 5.90. The molecule has 0 aliphatic heterocycles. The summed E-state index contributed by atoms with van der Waals surface area (Å²) in [5.41, 5.74) is 0.238. The van der Waals surface area contributed by atoms with Gasteiger partial charge in [-0.25, -0.2) is 14.2 Å². The van der Waals surface area contributed by atoms with Gasteiger partial charge in [0.25, 0.3) is 0 Å². The number of carboxylic acid groups (broad SMARTS) is 1. The minimum atomic E-state index is -1.05. The van der Waals surface area contributed by atoms with Crippen molar-refractivity contribution in [3.05, 3.63) is 39.6 Å². The Balaban J connectivity index is 2.65. The molecule has 1 N–H and O–H groups in total. The monoisotopic (exact) mass is 313 g/mol. The Kier molecular flexibility index (Phi) is 3.84. The van der Waals surface area contributed by atoms with Crippen molar-refractivity contribution in [2.45, 2.75) is 26.2 Å². The predicted octanol–water partition coefficient (Wildman–Crippen LogP) is 4.60. The largest absolute Gasteiger partial charge is 0.477 e. The number of benzene rings is 1. The van der Waals surface area contributed by atoms with Gasteiger partial charge in [-0.1, -0.05) is 32.4 Å². The zero-order valence-corrected chi connectivity index (χ0v) is 12.8. The molecule has 0 unspecified atom stereocenters. The number of halogens is 2. The Hall–Kier alpha value is -1.46. The molecule has 3 nitrogen and oxygen atoms in total. The fraction of sp³-hybridized carbons (Fsp3) is 0.286. The third-order valence-corrected chi connectivity index (χ3v) is 4.00. The summed E-state index contributed by atoms with van der Waals surface area (Å²) in [7, 11) is 0. The molecule has 20 heavy (non-hydrogen) atoms. The van der Waals surface area contributed by atoms with Crippen LogP contribution in [-0.4, -0.2) is 16.1 Å². The molecule has 1 heterocycles. The van der Waals surface area contributed by atoms with Gasteiger partial charge in [0.15, 0.2) is 0 Å². The van der Waals surface area contributed by atoms with Crippen LogP contribution in [0.5, 0.6) is 0 Å². The van der Waals surface area contributed by atoms with Gasteiger partial charge in [0, 0.05) is 16.0 Å². The number of hydrogen-bond acceptors (Lipinski definition) is 3. The molecule has 0 aliphatic rings. The van der Waals surface area contributed by atoms with Gasteiger partial charge in [-0.05, 0) is 18.2 Å². The van der Waals surface area contributed by atoms with E-state index in [4.69, 9.17) is 11.6 Å². The highest BCUT2D eigenvalue weighted by Gasteiger charge is 2.28. The van der Waals surface area contributed by atoms with E-state index >= 15 is 0 Å². The lowest BCUT2D eigenvalue weighted by molar-refractivity contribution is 0.0699. The number of carbonyl (C=O) groups is 1. The van der Waals surface area contributed by atoms with Gasteiger partial charge < -0.3 is 5.11 Å². The first-order valence-corrected chi connectivity index (χ1v) is 7.09. The van der Waals surface area contributed by atoms with E-state index in [1.807, 2.05) is 20.8 Å². The van der Waals surface area contributed by atoms with Crippen LogP contribution in [0.15, 0.2) is 18.2 Å². The zero-order chi connectivity index (χ0) is 15.1. The third kappa shape index (κ3) is 2.83. The molecule has 0 fully saturated rings. The van der Waals surface area contributed by atoms with Gasteiger partial charge in [-0.3, -0.25) is 0 Å². The molecule has 0 radical (unpaired) electrons. The number of carboxylic acids is 1. The van der Waals surface area contributed by atoms with Crippen LogP contribution in [0, 0.1) is 5.82 Å². The normalized spacial score (nSPS) is 11.7. The molecule has 0 saturated carbocycles. The molecular formula is C14H13ClFNO2S. The lowest BCUT2D eigenvalue weighted by Crippen LogP contribution is -2.16. The van der Waals surface area contributed by atoms with E-state index in [1.165, 1.54) is 18.2 Å². The fourth-order valence-electron chi connectivity index (χ4n) is 1.75. The average molecular weight is 314 g/mol. The second-order valence-corrected chi connectivity index (χ2v) is 6.81. The summed E-state index contributed by atoms with van der Waals surface area (Å²) >= 11 is 6.82. The van der Waals surface area contributed by atoms with Crippen LogP contribution >= 0.6 is 22.9 Å². The summed E-state index contributed by atoms with van der Waals surface area (Å²) in [6, 6.07) is 4.14. The molecular weight excluding hydrogens is 301 g/mol. The SMILES string of the molecule is CC(C)(C)c1nc(-c2cc(Cl)ccc2F)sc1C(=O)O. The summed E-state index contributed by atoms with van der Waals surface area (Å²) in [6.45, 7) is 5.60. The maximum absolute atomic E-state index is 13.9. The third-order valence-electron chi connectivity index (χ3n) is 2.69. The minimum absolute atomic E-state index is 0.131. The summed E-state index contributed by atoms with van der Waals surface area (Å²) < 4.78 is 13.9. The van der Waals surface area contributed by atoms with E-state index in [1.54, 1.807) is 0 Å². The first-order chi connectivity index (χ1) is 9.20. The molecule has 0 amide bonds. The Morgan fingerprint density at radius 3 is 2.55 bits per heavy atom. The van der Waals surface area contributed by atoms with Crippen molar-refractivity contribution in [3.63, 3.8) is 0 Å². The van der Waals surface area contributed by atoms with E-state index < -0.39 is 17.2 Å². The summed E-state index contributed by atoms with van der Waals surface area (Å²) in [4.78, 5) is 15.8. The van der Waals surface area contributed by atoms with Crippen molar-refractivity contribution in [1.29, 1.82) is 0 Å². The van der Waals surface area contributed by atoms with Gasteiger partial charge in [0.05, 0.1) is 5.69 Å². The molecule has 0 saturated heterocycles. The van der Waals surface area contributed by atoms with Gasteiger partial charge in [0.1, 0.15) is 15.7 Å². The number of nitrogens with zero attached hydrogens (tertiary/aromatic N) is 1. The minimum Gasteiger partial charge on any atom is -0.477 e. The van der Waals surface area contributed by atoms with Gasteiger partial charge in [0.2, 0.25) is 0 Å². The number of aromatic nitrogens is 1. The maximum atomic E-state index is 13.9. The Labute approximate surface area is 125 Å². The number of rotatable bonds is 2. The molecule has 0 spiro atoms. The summed E-state index contributed by atoms with van der Waals surface area (Å²) in [6.07, 6.45) is 0. The van der Waals surface area contributed by atoms with E-state index in [0.717, 1.165) is 11.3 Å². The van der Waals surface area contributed by atoms with Crippen molar-refractivity contribution in [2.24, 2.45) is 0 Å². The first kappa shape index (κ1) is 14.9. The van der Waals surface area contributed by atoms with Crippen LogP contribution in [-0.2, 0) is 5.41 Å². The van der Waals surface area contributed by atoms with Gasteiger partial charge in [-0.2, -0.15) is 0 Å². The van der Waals surface area contributed by atoms with Crippen molar-refractivity contribution < 1.29 is 14.3 Å². The topological polar surface area (TPSA) is 50.2 Å². The summed E-state index contributed by atoms with van der Waals surface area (Å²) in [5, 5.41) is 9.97. The Morgan fingerprint density at radius 2 is 2.05 bits per heavy atom. The van der Waals surface area contributed by atoms with Crippen LogP contribution in [0.4, 0.5) is 4.39 Å². The number of thiazole rings is 1. The molecule has 1 aromatic heterocycles. The molecule has 2 rings (SSSR count). The van der Waals surface area contributed by atoms with Crippen LogP contribution in [0.3, 0.4) is 0 Å². The van der Waals surface area contributed by atoms with Crippen LogP contribution < -0.4 is 0 Å². The summed E-state index contributed by atoms with van der Waals surface area (Å²) in [5.74, 6) is -1.53. The lowest BCUT2D eigenvalue weighted by Gasteiger charge is -2.16.